The molecule has 0 aromatic heterocycles. The molecular formula is C14H14BrFO. The molecule has 1 saturated carbocycles. The zero-order valence-electron chi connectivity index (χ0n) is 9.51. The van der Waals surface area contributed by atoms with Crippen LogP contribution in [0.2, 0.25) is 0 Å². The standard InChI is InChI=1S/C14H14BrFO/c15-11-6-7-13(16)12(9-11)14(17)8-10-4-2-1-3-5-10/h6-9H,1-5H2. The van der Waals surface area contributed by atoms with Gasteiger partial charge in [0.05, 0.1) is 5.56 Å². The second-order valence-corrected chi connectivity index (χ2v) is 5.27. The van der Waals surface area contributed by atoms with E-state index in [2.05, 4.69) is 15.9 Å². The summed E-state index contributed by atoms with van der Waals surface area (Å²) >= 11 is 3.25. The van der Waals surface area contributed by atoms with Gasteiger partial charge in [0.15, 0.2) is 5.78 Å². The minimum atomic E-state index is -0.453. The van der Waals surface area contributed by atoms with Crippen molar-refractivity contribution in [1.29, 1.82) is 0 Å². The summed E-state index contributed by atoms with van der Waals surface area (Å²) in [6, 6.07) is 4.45. The van der Waals surface area contributed by atoms with Crippen LogP contribution in [0.15, 0.2) is 34.3 Å². The molecule has 17 heavy (non-hydrogen) atoms. The molecule has 0 atom stereocenters. The van der Waals surface area contributed by atoms with Crippen LogP contribution in [0.5, 0.6) is 0 Å². The van der Waals surface area contributed by atoms with Gasteiger partial charge in [-0.2, -0.15) is 0 Å². The van der Waals surface area contributed by atoms with Gasteiger partial charge in [-0.05, 0) is 50.0 Å². The molecule has 0 bridgehead atoms. The zero-order chi connectivity index (χ0) is 12.3. The van der Waals surface area contributed by atoms with Crippen molar-refractivity contribution in [2.24, 2.45) is 0 Å². The van der Waals surface area contributed by atoms with Crippen molar-refractivity contribution in [3.63, 3.8) is 0 Å². The summed E-state index contributed by atoms with van der Waals surface area (Å²) in [7, 11) is 0. The van der Waals surface area contributed by atoms with E-state index in [0.29, 0.717) is 0 Å². The summed E-state index contributed by atoms with van der Waals surface area (Å²) < 4.78 is 14.2. The first kappa shape index (κ1) is 12.5. The number of ketones is 1. The van der Waals surface area contributed by atoms with E-state index in [0.717, 1.165) is 35.7 Å². The van der Waals surface area contributed by atoms with Gasteiger partial charge in [0.2, 0.25) is 0 Å². The number of hydrogen-bond donors (Lipinski definition) is 0. The molecular weight excluding hydrogens is 283 g/mol. The summed E-state index contributed by atoms with van der Waals surface area (Å²) in [5.74, 6) is -0.674. The number of carbonyl (C=O) groups excluding carboxylic acids is 1. The topological polar surface area (TPSA) is 17.1 Å². The smallest absolute Gasteiger partial charge is 0.188 e. The maximum Gasteiger partial charge on any atom is 0.188 e. The first-order valence-corrected chi connectivity index (χ1v) is 6.65. The first-order chi connectivity index (χ1) is 8.16. The Balaban J connectivity index is 2.21. The van der Waals surface area contributed by atoms with Crippen LogP contribution in [0.1, 0.15) is 42.5 Å². The Kier molecular flexibility index (Phi) is 4.11. The highest BCUT2D eigenvalue weighted by molar-refractivity contribution is 9.10. The largest absolute Gasteiger partial charge is 0.289 e. The third-order valence-corrected chi connectivity index (χ3v) is 3.52. The van der Waals surface area contributed by atoms with Crippen molar-refractivity contribution in [2.75, 3.05) is 0 Å². The number of carbonyl (C=O) groups is 1. The molecule has 1 aromatic carbocycles. The summed E-state index contributed by atoms with van der Waals surface area (Å²) in [4.78, 5) is 11.9. The fourth-order valence-electron chi connectivity index (χ4n) is 2.10. The molecule has 0 unspecified atom stereocenters. The molecule has 0 spiro atoms. The second kappa shape index (κ2) is 5.58. The second-order valence-electron chi connectivity index (χ2n) is 4.35. The molecule has 0 aliphatic heterocycles. The lowest BCUT2D eigenvalue weighted by atomic mass is 9.93. The lowest BCUT2D eigenvalue weighted by Gasteiger charge is -2.13. The molecule has 1 nitrogen and oxygen atoms in total. The van der Waals surface area contributed by atoms with E-state index in [1.807, 2.05) is 0 Å². The highest BCUT2D eigenvalue weighted by Crippen LogP contribution is 2.24. The quantitative estimate of drug-likeness (QED) is 0.573. The van der Waals surface area contributed by atoms with Gasteiger partial charge in [0, 0.05) is 4.47 Å². The van der Waals surface area contributed by atoms with Crippen LogP contribution in [0, 0.1) is 5.82 Å². The molecule has 1 fully saturated rings. The van der Waals surface area contributed by atoms with Gasteiger partial charge in [0.1, 0.15) is 5.82 Å². The van der Waals surface area contributed by atoms with Crippen LogP contribution in [-0.2, 0) is 0 Å². The third kappa shape index (κ3) is 3.25. The average molecular weight is 297 g/mol. The number of halogens is 2. The average Bonchev–Trinajstić information content (AvgIpc) is 2.33. The Morgan fingerprint density at radius 2 is 1.94 bits per heavy atom. The van der Waals surface area contributed by atoms with Crippen LogP contribution in [0.25, 0.3) is 0 Å². The Hall–Kier alpha value is -0.960. The SMILES string of the molecule is O=C(C=C1CCCCC1)c1cc(Br)ccc1F. The van der Waals surface area contributed by atoms with Crippen molar-refractivity contribution in [2.45, 2.75) is 32.1 Å². The highest BCUT2D eigenvalue weighted by atomic mass is 79.9. The summed E-state index contributed by atoms with van der Waals surface area (Å²) in [5, 5.41) is 0. The van der Waals surface area contributed by atoms with E-state index in [1.165, 1.54) is 18.6 Å². The third-order valence-electron chi connectivity index (χ3n) is 3.02. The molecule has 0 N–H and O–H groups in total. The van der Waals surface area contributed by atoms with Gasteiger partial charge in [-0.15, -0.1) is 0 Å². The fraction of sp³-hybridized carbons (Fsp3) is 0.357. The molecule has 1 aliphatic carbocycles. The molecule has 0 saturated heterocycles. The van der Waals surface area contributed by atoms with Gasteiger partial charge in [-0.3, -0.25) is 4.79 Å². The Labute approximate surface area is 109 Å². The Morgan fingerprint density at radius 1 is 1.24 bits per heavy atom. The molecule has 0 heterocycles. The van der Waals surface area contributed by atoms with Gasteiger partial charge in [0.25, 0.3) is 0 Å². The summed E-state index contributed by atoms with van der Waals surface area (Å²) in [5.41, 5.74) is 1.30. The number of hydrogen-bond acceptors (Lipinski definition) is 1. The predicted molar refractivity (Wildman–Crippen MR) is 69.6 cm³/mol. The van der Waals surface area contributed by atoms with E-state index < -0.39 is 5.82 Å². The van der Waals surface area contributed by atoms with Crippen molar-refractivity contribution in [1.82, 2.24) is 0 Å². The number of rotatable bonds is 2. The van der Waals surface area contributed by atoms with Gasteiger partial charge < -0.3 is 0 Å². The van der Waals surface area contributed by atoms with Crippen molar-refractivity contribution >= 4 is 21.7 Å². The normalized spacial score (nSPS) is 15.8. The molecule has 3 heteroatoms. The van der Waals surface area contributed by atoms with Gasteiger partial charge in [-0.25, -0.2) is 4.39 Å². The molecule has 0 radical (unpaired) electrons. The van der Waals surface area contributed by atoms with E-state index in [4.69, 9.17) is 0 Å². The molecule has 2 rings (SSSR count). The Bertz CT molecular complexity index is 457. The lowest BCUT2D eigenvalue weighted by molar-refractivity contribution is 0.104. The fourth-order valence-corrected chi connectivity index (χ4v) is 2.46. The minimum absolute atomic E-state index is 0.150. The first-order valence-electron chi connectivity index (χ1n) is 5.85. The maximum absolute atomic E-state index is 13.5. The van der Waals surface area contributed by atoms with E-state index in [1.54, 1.807) is 12.1 Å². The zero-order valence-corrected chi connectivity index (χ0v) is 11.1. The number of benzene rings is 1. The predicted octanol–water partition coefficient (Wildman–Crippen LogP) is 4.66. The van der Waals surface area contributed by atoms with Crippen LogP contribution < -0.4 is 0 Å². The van der Waals surface area contributed by atoms with Crippen molar-refractivity contribution in [3.8, 4) is 0 Å². The summed E-state index contributed by atoms with van der Waals surface area (Å²) in [6.45, 7) is 0. The van der Waals surface area contributed by atoms with Crippen LogP contribution in [0.3, 0.4) is 0 Å². The van der Waals surface area contributed by atoms with Crippen LogP contribution in [-0.4, -0.2) is 5.78 Å². The highest BCUT2D eigenvalue weighted by Gasteiger charge is 2.12. The van der Waals surface area contributed by atoms with E-state index >= 15 is 0 Å². The molecule has 90 valence electrons. The monoisotopic (exact) mass is 296 g/mol. The van der Waals surface area contributed by atoms with E-state index in [-0.39, 0.29) is 11.3 Å². The molecule has 1 aromatic rings. The Morgan fingerprint density at radius 3 is 2.65 bits per heavy atom. The lowest BCUT2D eigenvalue weighted by Crippen LogP contribution is -2.02. The number of allylic oxidation sites excluding steroid dienone is 2. The van der Waals surface area contributed by atoms with Gasteiger partial charge in [-0.1, -0.05) is 27.9 Å². The van der Waals surface area contributed by atoms with Crippen molar-refractivity contribution in [3.05, 3.63) is 45.7 Å². The van der Waals surface area contributed by atoms with Crippen molar-refractivity contribution < 1.29 is 9.18 Å². The minimum Gasteiger partial charge on any atom is -0.289 e. The van der Waals surface area contributed by atoms with Crippen LogP contribution in [0.4, 0.5) is 4.39 Å². The van der Waals surface area contributed by atoms with E-state index in [9.17, 15) is 9.18 Å². The van der Waals surface area contributed by atoms with Crippen LogP contribution >= 0.6 is 15.9 Å². The molecule has 1 aliphatic rings. The molecule has 0 amide bonds. The maximum atomic E-state index is 13.5. The summed E-state index contributed by atoms with van der Waals surface area (Å²) in [6.07, 6.45) is 7.07. The van der Waals surface area contributed by atoms with Gasteiger partial charge >= 0.3 is 0 Å².